The molecule has 0 bridgehead atoms. The van der Waals surface area contributed by atoms with E-state index in [1.54, 1.807) is 12.1 Å². The molecule has 7 nitrogen and oxygen atoms in total. The van der Waals surface area contributed by atoms with Gasteiger partial charge in [-0.05, 0) is 64.3 Å². The van der Waals surface area contributed by atoms with Crippen LogP contribution in [0, 0.1) is 6.92 Å². The third-order valence-corrected chi connectivity index (χ3v) is 5.27. The summed E-state index contributed by atoms with van der Waals surface area (Å²) in [6.45, 7) is 5.82. The highest BCUT2D eigenvalue weighted by atomic mass is 16.2. The van der Waals surface area contributed by atoms with Gasteiger partial charge < -0.3 is 16.0 Å². The highest BCUT2D eigenvalue weighted by Gasteiger charge is 2.27. The Kier molecular flexibility index (Phi) is 5.75. The van der Waals surface area contributed by atoms with Gasteiger partial charge in [-0.3, -0.25) is 4.79 Å². The normalized spacial score (nSPS) is 12.5. The number of aryl methyl sites for hydroxylation is 1. The van der Waals surface area contributed by atoms with Gasteiger partial charge in [-0.25, -0.2) is 9.48 Å². The van der Waals surface area contributed by atoms with Crippen molar-refractivity contribution in [3.05, 3.63) is 71.0 Å². The number of fused-ring (bicyclic) bond motifs is 1. The van der Waals surface area contributed by atoms with Gasteiger partial charge in [0.05, 0.1) is 17.1 Å². The number of para-hydroxylation sites is 2. The van der Waals surface area contributed by atoms with E-state index in [0.29, 0.717) is 17.1 Å². The molecule has 0 unspecified atom stereocenters. The highest BCUT2D eigenvalue weighted by molar-refractivity contribution is 6.07. The Balaban J connectivity index is 1.60. The number of hydrogen-bond donors (Lipinski definition) is 3. The van der Waals surface area contributed by atoms with Crippen molar-refractivity contribution >= 4 is 23.3 Å². The average Bonchev–Trinajstić information content (AvgIpc) is 3.32. The number of amides is 3. The lowest BCUT2D eigenvalue weighted by Crippen LogP contribution is -2.34. The molecular formula is C24H27N5O2. The Morgan fingerprint density at radius 1 is 0.968 bits per heavy atom. The largest absolute Gasteiger partial charge is 0.336 e. The number of carbonyl (C=O) groups is 2. The highest BCUT2D eigenvalue weighted by Crippen LogP contribution is 2.29. The molecule has 4 rings (SSSR count). The molecule has 0 spiro atoms. The maximum Gasteiger partial charge on any atom is 0.319 e. The molecule has 3 amide bonds. The molecule has 1 heterocycles. The summed E-state index contributed by atoms with van der Waals surface area (Å²) in [5.74, 6) is -0.275. The van der Waals surface area contributed by atoms with E-state index < -0.39 is 0 Å². The molecule has 0 aliphatic heterocycles. The maximum absolute atomic E-state index is 13.2. The minimum absolute atomic E-state index is 0.00933. The van der Waals surface area contributed by atoms with Gasteiger partial charge >= 0.3 is 6.03 Å². The molecule has 3 N–H and O–H groups in total. The smallest absolute Gasteiger partial charge is 0.319 e. The fraction of sp³-hybridized carbons (Fsp3) is 0.292. The van der Waals surface area contributed by atoms with Crippen LogP contribution in [0.1, 0.15) is 47.6 Å². The van der Waals surface area contributed by atoms with E-state index in [9.17, 15) is 9.59 Å². The summed E-state index contributed by atoms with van der Waals surface area (Å²) in [5.41, 5.74) is 5.73. The van der Waals surface area contributed by atoms with E-state index in [2.05, 4.69) is 21.0 Å². The Bertz CT molecular complexity index is 1120. The fourth-order valence-electron chi connectivity index (χ4n) is 3.82. The van der Waals surface area contributed by atoms with Gasteiger partial charge in [0.25, 0.3) is 5.91 Å². The van der Waals surface area contributed by atoms with Crippen molar-refractivity contribution in [2.45, 2.75) is 46.1 Å². The average molecular weight is 418 g/mol. The fourth-order valence-corrected chi connectivity index (χ4v) is 3.82. The Hall–Kier alpha value is -3.61. The molecule has 1 aliphatic carbocycles. The van der Waals surface area contributed by atoms with Gasteiger partial charge in [0.15, 0.2) is 5.69 Å². The van der Waals surface area contributed by atoms with Gasteiger partial charge in [0.1, 0.15) is 0 Å². The van der Waals surface area contributed by atoms with Gasteiger partial charge in [-0.15, -0.1) is 0 Å². The van der Waals surface area contributed by atoms with E-state index in [-0.39, 0.29) is 18.0 Å². The zero-order valence-electron chi connectivity index (χ0n) is 18.0. The van der Waals surface area contributed by atoms with E-state index in [4.69, 9.17) is 0 Å². The van der Waals surface area contributed by atoms with Crippen LogP contribution in [-0.4, -0.2) is 27.8 Å². The first-order valence-electron chi connectivity index (χ1n) is 10.6. The molecule has 0 atom stereocenters. The first-order valence-corrected chi connectivity index (χ1v) is 10.6. The van der Waals surface area contributed by atoms with Crippen molar-refractivity contribution in [1.82, 2.24) is 15.1 Å². The second-order valence-electron chi connectivity index (χ2n) is 8.13. The number of anilines is 2. The molecule has 1 aliphatic rings. The van der Waals surface area contributed by atoms with Crippen LogP contribution in [0.3, 0.4) is 0 Å². The third-order valence-electron chi connectivity index (χ3n) is 5.27. The first-order chi connectivity index (χ1) is 14.9. The molecule has 7 heteroatoms. The third kappa shape index (κ3) is 4.45. The summed E-state index contributed by atoms with van der Waals surface area (Å²) in [5, 5.41) is 13.2. The Labute approximate surface area is 181 Å². The zero-order valence-corrected chi connectivity index (χ0v) is 18.0. The van der Waals surface area contributed by atoms with Crippen LogP contribution in [0.5, 0.6) is 0 Å². The van der Waals surface area contributed by atoms with Gasteiger partial charge in [0.2, 0.25) is 0 Å². The SMILES string of the molecule is Cc1ccc(-n2nc(C(=O)Nc3ccccc3NC(=O)NC(C)C)c3c2CCC3)cc1. The van der Waals surface area contributed by atoms with Crippen LogP contribution in [0.15, 0.2) is 48.5 Å². The van der Waals surface area contributed by atoms with Crippen LogP contribution < -0.4 is 16.0 Å². The Morgan fingerprint density at radius 3 is 2.32 bits per heavy atom. The van der Waals surface area contributed by atoms with Gasteiger partial charge in [-0.1, -0.05) is 29.8 Å². The molecule has 2 aromatic carbocycles. The van der Waals surface area contributed by atoms with E-state index in [1.807, 2.05) is 61.9 Å². The summed E-state index contributed by atoms with van der Waals surface area (Å²) < 4.78 is 1.89. The Morgan fingerprint density at radius 2 is 1.65 bits per heavy atom. The quantitative estimate of drug-likeness (QED) is 0.573. The van der Waals surface area contributed by atoms with Crippen molar-refractivity contribution < 1.29 is 9.59 Å². The number of nitrogens with one attached hydrogen (secondary N) is 3. The minimum Gasteiger partial charge on any atom is -0.336 e. The molecule has 160 valence electrons. The minimum atomic E-state index is -0.318. The summed E-state index contributed by atoms with van der Waals surface area (Å²) >= 11 is 0. The molecule has 1 aromatic heterocycles. The first kappa shape index (κ1) is 20.7. The molecular weight excluding hydrogens is 390 g/mol. The number of nitrogens with zero attached hydrogens (tertiary/aromatic N) is 2. The van der Waals surface area contributed by atoms with Gasteiger partial charge in [-0.2, -0.15) is 5.10 Å². The monoisotopic (exact) mass is 417 g/mol. The molecule has 0 saturated heterocycles. The predicted molar refractivity (Wildman–Crippen MR) is 122 cm³/mol. The number of benzene rings is 2. The molecule has 0 saturated carbocycles. The standard InChI is InChI=1S/C24H27N5O2/c1-15(2)25-24(31)27-20-9-5-4-8-19(20)26-23(30)22-18-7-6-10-21(18)29(28-22)17-13-11-16(3)12-14-17/h4-5,8-9,11-15H,6-7,10H2,1-3H3,(H,26,30)(H2,25,27,31). The molecule has 31 heavy (non-hydrogen) atoms. The van der Waals surface area contributed by atoms with Crippen LogP contribution in [0.25, 0.3) is 5.69 Å². The summed E-state index contributed by atoms with van der Waals surface area (Å²) in [6.07, 6.45) is 2.74. The number of aromatic nitrogens is 2. The lowest BCUT2D eigenvalue weighted by molar-refractivity contribution is 0.102. The van der Waals surface area contributed by atoms with Crippen molar-refractivity contribution in [2.24, 2.45) is 0 Å². The summed E-state index contributed by atoms with van der Waals surface area (Å²) in [6, 6.07) is 15.0. The number of rotatable bonds is 5. The molecule has 0 radical (unpaired) electrons. The van der Waals surface area contributed by atoms with Gasteiger partial charge in [0, 0.05) is 17.3 Å². The molecule has 3 aromatic rings. The van der Waals surface area contributed by atoms with E-state index in [0.717, 1.165) is 36.2 Å². The topological polar surface area (TPSA) is 88.1 Å². The van der Waals surface area contributed by atoms with Crippen molar-refractivity contribution in [3.63, 3.8) is 0 Å². The zero-order chi connectivity index (χ0) is 22.0. The lowest BCUT2D eigenvalue weighted by Gasteiger charge is -2.14. The van der Waals surface area contributed by atoms with E-state index >= 15 is 0 Å². The lowest BCUT2D eigenvalue weighted by atomic mass is 10.2. The van der Waals surface area contributed by atoms with E-state index in [1.165, 1.54) is 5.56 Å². The van der Waals surface area contributed by atoms with Crippen LogP contribution >= 0.6 is 0 Å². The predicted octanol–water partition coefficient (Wildman–Crippen LogP) is 4.45. The number of hydrogen-bond acceptors (Lipinski definition) is 3. The maximum atomic E-state index is 13.2. The molecule has 0 fully saturated rings. The van der Waals surface area contributed by atoms with Crippen molar-refractivity contribution in [2.75, 3.05) is 10.6 Å². The number of urea groups is 1. The summed E-state index contributed by atoms with van der Waals surface area (Å²) in [4.78, 5) is 25.3. The van der Waals surface area contributed by atoms with Crippen LogP contribution in [0.4, 0.5) is 16.2 Å². The number of carbonyl (C=O) groups excluding carboxylic acids is 2. The summed E-state index contributed by atoms with van der Waals surface area (Å²) in [7, 11) is 0. The second-order valence-corrected chi connectivity index (χ2v) is 8.13. The van der Waals surface area contributed by atoms with Crippen molar-refractivity contribution in [1.29, 1.82) is 0 Å². The van der Waals surface area contributed by atoms with Crippen LogP contribution in [0.2, 0.25) is 0 Å². The second kappa shape index (κ2) is 8.63. The van der Waals surface area contributed by atoms with Crippen LogP contribution in [-0.2, 0) is 12.8 Å². The van der Waals surface area contributed by atoms with Crippen molar-refractivity contribution in [3.8, 4) is 5.69 Å².